The van der Waals surface area contributed by atoms with Crippen LogP contribution in [0.15, 0.2) is 53.7 Å². The first-order valence-electron chi connectivity index (χ1n) is 6.80. The van der Waals surface area contributed by atoms with Crippen molar-refractivity contribution in [2.75, 3.05) is 0 Å². The lowest BCUT2D eigenvalue weighted by molar-refractivity contribution is 0.577. The topological polar surface area (TPSA) is 103 Å². The van der Waals surface area contributed by atoms with Crippen LogP contribution in [0, 0.1) is 6.92 Å². The monoisotopic (exact) mass is 330 g/mol. The maximum atomic E-state index is 12.2. The average molecular weight is 330 g/mol. The Morgan fingerprint density at radius 2 is 1.96 bits per heavy atom. The van der Waals surface area contributed by atoms with Crippen LogP contribution in [0.5, 0.6) is 0 Å². The third kappa shape index (κ3) is 3.41. The highest BCUT2D eigenvalue weighted by Crippen LogP contribution is 2.11. The van der Waals surface area contributed by atoms with E-state index in [4.69, 9.17) is 0 Å². The van der Waals surface area contributed by atoms with Gasteiger partial charge in [-0.3, -0.25) is 4.98 Å². The summed E-state index contributed by atoms with van der Waals surface area (Å²) in [6.07, 6.45) is 2.79. The summed E-state index contributed by atoms with van der Waals surface area (Å²) in [5.74, 6) is 0.390. The van der Waals surface area contributed by atoms with Gasteiger partial charge in [-0.25, -0.2) is 13.1 Å². The Balaban J connectivity index is 1.80. The first-order valence-corrected chi connectivity index (χ1v) is 8.28. The number of hydrogen-bond donors (Lipinski definition) is 1. The van der Waals surface area contributed by atoms with Crippen molar-refractivity contribution in [3.8, 4) is 5.69 Å². The molecule has 0 unspecified atom stereocenters. The Morgan fingerprint density at radius 3 is 2.65 bits per heavy atom. The summed E-state index contributed by atoms with van der Waals surface area (Å²) < 4.78 is 28.3. The fraction of sp³-hybridized carbons (Fsp3) is 0.143. The summed E-state index contributed by atoms with van der Waals surface area (Å²) >= 11 is 0. The molecule has 0 aliphatic heterocycles. The second-order valence-electron chi connectivity index (χ2n) is 4.86. The van der Waals surface area contributed by atoms with Gasteiger partial charge in [0.25, 0.3) is 0 Å². The number of aromatic nitrogens is 5. The molecule has 0 bridgehead atoms. The van der Waals surface area contributed by atoms with Crippen molar-refractivity contribution in [3.63, 3.8) is 0 Å². The van der Waals surface area contributed by atoms with Gasteiger partial charge in [0.2, 0.25) is 10.0 Å². The first kappa shape index (κ1) is 15.3. The molecule has 2 heterocycles. The first-order chi connectivity index (χ1) is 11.1. The zero-order valence-electron chi connectivity index (χ0n) is 12.3. The maximum Gasteiger partial charge on any atom is 0.242 e. The Bertz CT molecular complexity index is 891. The minimum absolute atomic E-state index is 0.0297. The third-order valence-electron chi connectivity index (χ3n) is 3.18. The zero-order valence-corrected chi connectivity index (χ0v) is 13.1. The van der Waals surface area contributed by atoms with Crippen LogP contribution in [0.3, 0.4) is 0 Å². The molecule has 0 aliphatic rings. The molecule has 8 nitrogen and oxygen atoms in total. The van der Waals surface area contributed by atoms with Gasteiger partial charge in [0.1, 0.15) is 4.90 Å². The Labute approximate surface area is 133 Å². The molecule has 1 aromatic carbocycles. The van der Waals surface area contributed by atoms with Crippen molar-refractivity contribution in [2.24, 2.45) is 0 Å². The lowest BCUT2D eigenvalue weighted by Crippen LogP contribution is -2.25. The highest BCUT2D eigenvalue weighted by molar-refractivity contribution is 7.89. The summed E-state index contributed by atoms with van der Waals surface area (Å²) in [5.41, 5.74) is 1.87. The Kier molecular flexibility index (Phi) is 4.13. The summed E-state index contributed by atoms with van der Waals surface area (Å²) in [5, 5.41) is 11.4. The number of nitrogens with zero attached hydrogens (tertiary/aromatic N) is 5. The van der Waals surface area contributed by atoms with Gasteiger partial charge in [-0.05, 0) is 41.6 Å². The number of rotatable bonds is 5. The lowest BCUT2D eigenvalue weighted by Gasteiger charge is -2.07. The second kappa shape index (κ2) is 6.23. The molecule has 0 aliphatic carbocycles. The Morgan fingerprint density at radius 1 is 1.17 bits per heavy atom. The Hall–Kier alpha value is -2.65. The fourth-order valence-corrected chi connectivity index (χ4v) is 2.89. The van der Waals surface area contributed by atoms with E-state index in [1.54, 1.807) is 6.07 Å². The quantitative estimate of drug-likeness (QED) is 0.744. The minimum Gasteiger partial charge on any atom is -0.263 e. The predicted molar refractivity (Wildman–Crippen MR) is 82.2 cm³/mol. The highest BCUT2D eigenvalue weighted by atomic mass is 32.2. The molecule has 0 saturated heterocycles. The van der Waals surface area contributed by atoms with E-state index in [2.05, 4.69) is 25.2 Å². The third-order valence-corrected chi connectivity index (χ3v) is 4.56. The maximum absolute atomic E-state index is 12.2. The number of aryl methyl sites for hydroxylation is 1. The van der Waals surface area contributed by atoms with Gasteiger partial charge < -0.3 is 0 Å². The largest absolute Gasteiger partial charge is 0.263 e. The van der Waals surface area contributed by atoms with Crippen LogP contribution < -0.4 is 4.72 Å². The molecule has 2 aromatic heterocycles. The lowest BCUT2D eigenvalue weighted by atomic mass is 10.2. The average Bonchev–Trinajstić information content (AvgIpc) is 3.03. The molecule has 3 rings (SSSR count). The normalized spacial score (nSPS) is 11.5. The summed E-state index contributed by atoms with van der Waals surface area (Å²) in [6.45, 7) is 1.95. The standard InChI is InChI=1S/C14H14N6O2S/c1-11-4-6-12(7-5-11)20-14(17-18-19-20)10-16-23(21,22)13-3-2-8-15-9-13/h2-9,16H,10H2,1H3. The summed E-state index contributed by atoms with van der Waals surface area (Å²) in [6, 6.07) is 10.6. The van der Waals surface area contributed by atoms with Gasteiger partial charge in [-0.1, -0.05) is 17.7 Å². The molecule has 23 heavy (non-hydrogen) atoms. The van der Waals surface area contributed by atoms with Gasteiger partial charge >= 0.3 is 0 Å². The molecular weight excluding hydrogens is 316 g/mol. The van der Waals surface area contributed by atoms with E-state index in [1.807, 2.05) is 31.2 Å². The molecular formula is C14H14N6O2S. The summed E-state index contributed by atoms with van der Waals surface area (Å²) in [7, 11) is -3.66. The molecule has 118 valence electrons. The van der Waals surface area contributed by atoms with Crippen molar-refractivity contribution in [1.29, 1.82) is 0 Å². The summed E-state index contributed by atoms with van der Waals surface area (Å²) in [4.78, 5) is 3.90. The number of nitrogens with one attached hydrogen (secondary N) is 1. The van der Waals surface area contributed by atoms with Crippen LogP contribution in [0.4, 0.5) is 0 Å². The van der Waals surface area contributed by atoms with Crippen molar-refractivity contribution in [1.82, 2.24) is 29.9 Å². The molecule has 0 fully saturated rings. The smallest absolute Gasteiger partial charge is 0.242 e. The van der Waals surface area contributed by atoms with Crippen LogP contribution in [0.25, 0.3) is 5.69 Å². The fourth-order valence-electron chi connectivity index (χ4n) is 1.95. The van der Waals surface area contributed by atoms with Crippen LogP contribution in [-0.2, 0) is 16.6 Å². The predicted octanol–water partition coefficient (Wildman–Crippen LogP) is 0.844. The van der Waals surface area contributed by atoms with Gasteiger partial charge in [0.15, 0.2) is 5.82 Å². The molecule has 1 N–H and O–H groups in total. The van der Waals surface area contributed by atoms with Crippen molar-refractivity contribution >= 4 is 10.0 Å². The van der Waals surface area contributed by atoms with Crippen LogP contribution in [-0.4, -0.2) is 33.6 Å². The molecule has 0 atom stereocenters. The second-order valence-corrected chi connectivity index (χ2v) is 6.62. The van der Waals surface area contributed by atoms with E-state index in [0.717, 1.165) is 11.3 Å². The number of benzene rings is 1. The molecule has 0 radical (unpaired) electrons. The van der Waals surface area contributed by atoms with Gasteiger partial charge in [0, 0.05) is 12.4 Å². The van der Waals surface area contributed by atoms with Gasteiger partial charge in [-0.2, -0.15) is 4.68 Å². The van der Waals surface area contributed by atoms with Crippen molar-refractivity contribution < 1.29 is 8.42 Å². The van der Waals surface area contributed by atoms with Crippen molar-refractivity contribution in [2.45, 2.75) is 18.4 Å². The van der Waals surface area contributed by atoms with Crippen LogP contribution in [0.2, 0.25) is 0 Å². The highest BCUT2D eigenvalue weighted by Gasteiger charge is 2.16. The molecule has 3 aromatic rings. The number of hydrogen-bond acceptors (Lipinski definition) is 6. The van der Waals surface area contributed by atoms with Crippen LogP contribution >= 0.6 is 0 Å². The number of tetrazole rings is 1. The van der Waals surface area contributed by atoms with Gasteiger partial charge in [-0.15, -0.1) is 5.10 Å². The number of sulfonamides is 1. The van der Waals surface area contributed by atoms with Crippen molar-refractivity contribution in [3.05, 3.63) is 60.2 Å². The van der Waals surface area contributed by atoms with E-state index in [-0.39, 0.29) is 11.4 Å². The molecule has 9 heteroatoms. The molecule has 0 saturated carbocycles. The van der Waals surface area contributed by atoms with E-state index < -0.39 is 10.0 Å². The minimum atomic E-state index is -3.66. The van der Waals surface area contributed by atoms with Crippen LogP contribution in [0.1, 0.15) is 11.4 Å². The van der Waals surface area contributed by atoms with E-state index in [9.17, 15) is 8.42 Å². The van der Waals surface area contributed by atoms with E-state index in [1.165, 1.54) is 23.1 Å². The number of pyridine rings is 1. The molecule has 0 spiro atoms. The van der Waals surface area contributed by atoms with Gasteiger partial charge in [0.05, 0.1) is 12.2 Å². The molecule has 0 amide bonds. The zero-order chi connectivity index (χ0) is 16.3. The SMILES string of the molecule is Cc1ccc(-n2nnnc2CNS(=O)(=O)c2cccnc2)cc1. The van der Waals surface area contributed by atoms with E-state index in [0.29, 0.717) is 5.82 Å². The van der Waals surface area contributed by atoms with E-state index >= 15 is 0 Å².